The average molecular weight is 233 g/mol. The van der Waals surface area contributed by atoms with Crippen molar-refractivity contribution in [2.75, 3.05) is 0 Å². The number of rotatable bonds is 4. The number of hydrogen-bond donors (Lipinski definition) is 1. The molecule has 90 valence electrons. The minimum absolute atomic E-state index is 0.0208. The molecule has 0 radical (unpaired) electrons. The van der Waals surface area contributed by atoms with Crippen molar-refractivity contribution in [1.82, 2.24) is 15.0 Å². The summed E-state index contributed by atoms with van der Waals surface area (Å²) in [7, 11) is 0. The first-order valence-electron chi connectivity index (χ1n) is 5.60. The molecule has 2 rings (SSSR count). The van der Waals surface area contributed by atoms with Gasteiger partial charge in [0.15, 0.2) is 0 Å². The number of carboxylic acid groups (broad SMARTS) is 1. The first-order chi connectivity index (χ1) is 8.04. The van der Waals surface area contributed by atoms with Gasteiger partial charge in [-0.25, -0.2) is 0 Å². The summed E-state index contributed by atoms with van der Waals surface area (Å²) in [6.07, 6.45) is 0.0208. The number of benzene rings is 1. The quantitative estimate of drug-likeness (QED) is 0.873. The molecule has 5 heteroatoms. The predicted molar refractivity (Wildman–Crippen MR) is 63.7 cm³/mol. The van der Waals surface area contributed by atoms with Crippen molar-refractivity contribution in [2.24, 2.45) is 5.92 Å². The van der Waals surface area contributed by atoms with Gasteiger partial charge in [0.25, 0.3) is 0 Å². The van der Waals surface area contributed by atoms with Gasteiger partial charge in [-0.05, 0) is 23.6 Å². The van der Waals surface area contributed by atoms with Crippen molar-refractivity contribution in [3.05, 3.63) is 23.8 Å². The third kappa shape index (κ3) is 2.81. The number of carbonyl (C=O) groups is 1. The molecule has 0 amide bonds. The maximum absolute atomic E-state index is 10.6. The first-order valence-corrected chi connectivity index (χ1v) is 5.60. The highest BCUT2D eigenvalue weighted by Crippen LogP contribution is 2.13. The smallest absolute Gasteiger partial charge is 0.307 e. The Balaban J connectivity index is 2.30. The Morgan fingerprint density at radius 2 is 2.06 bits per heavy atom. The minimum atomic E-state index is -0.834. The molecule has 0 saturated carbocycles. The van der Waals surface area contributed by atoms with Gasteiger partial charge in [-0.2, -0.15) is 15.0 Å². The number of aromatic nitrogens is 3. The summed E-state index contributed by atoms with van der Waals surface area (Å²) >= 11 is 0. The molecule has 0 aliphatic rings. The molecule has 0 aliphatic heterocycles. The van der Waals surface area contributed by atoms with Crippen LogP contribution in [0.2, 0.25) is 0 Å². The van der Waals surface area contributed by atoms with E-state index in [9.17, 15) is 4.79 Å². The van der Waals surface area contributed by atoms with Crippen LogP contribution in [0.5, 0.6) is 0 Å². The molecule has 1 heterocycles. The van der Waals surface area contributed by atoms with Gasteiger partial charge in [-0.3, -0.25) is 4.79 Å². The Kier molecular flexibility index (Phi) is 3.08. The van der Waals surface area contributed by atoms with E-state index in [1.165, 1.54) is 0 Å². The fraction of sp³-hybridized carbons (Fsp3) is 0.417. The van der Waals surface area contributed by atoms with Crippen molar-refractivity contribution < 1.29 is 9.90 Å². The monoisotopic (exact) mass is 233 g/mol. The molecule has 1 N–H and O–H groups in total. The van der Waals surface area contributed by atoms with Crippen molar-refractivity contribution in [3.8, 4) is 0 Å². The molecule has 0 fully saturated rings. The van der Waals surface area contributed by atoms with Gasteiger partial charge in [0.1, 0.15) is 11.0 Å². The van der Waals surface area contributed by atoms with Crippen LogP contribution in [0.1, 0.15) is 19.4 Å². The lowest BCUT2D eigenvalue weighted by Gasteiger charge is -2.00. The van der Waals surface area contributed by atoms with Crippen molar-refractivity contribution in [1.29, 1.82) is 0 Å². The van der Waals surface area contributed by atoms with Crippen LogP contribution in [0.3, 0.4) is 0 Å². The lowest BCUT2D eigenvalue weighted by molar-refractivity contribution is -0.136. The van der Waals surface area contributed by atoms with Crippen LogP contribution in [0, 0.1) is 5.92 Å². The van der Waals surface area contributed by atoms with Crippen LogP contribution in [0.25, 0.3) is 11.0 Å². The normalized spacial score (nSPS) is 11.2. The van der Waals surface area contributed by atoms with Gasteiger partial charge >= 0.3 is 5.97 Å². The highest BCUT2D eigenvalue weighted by molar-refractivity contribution is 5.77. The molecule has 5 nitrogen and oxygen atoms in total. The lowest BCUT2D eigenvalue weighted by Crippen LogP contribution is -2.07. The minimum Gasteiger partial charge on any atom is -0.481 e. The van der Waals surface area contributed by atoms with E-state index in [2.05, 4.69) is 24.0 Å². The standard InChI is InChI=1S/C12H15N3O2/c1-8(2)7-15-13-10-4-3-9(6-12(16)17)5-11(10)14-15/h3-5,8H,6-7H2,1-2H3,(H,16,17). The van der Waals surface area contributed by atoms with Crippen LogP contribution >= 0.6 is 0 Å². The topological polar surface area (TPSA) is 68.0 Å². The maximum atomic E-state index is 10.6. The summed E-state index contributed by atoms with van der Waals surface area (Å²) in [5.74, 6) is -0.353. The fourth-order valence-corrected chi connectivity index (χ4v) is 1.70. The van der Waals surface area contributed by atoms with Gasteiger partial charge in [0.05, 0.1) is 13.0 Å². The average Bonchev–Trinajstić information content (AvgIpc) is 2.56. The molecule has 0 unspecified atom stereocenters. The van der Waals surface area contributed by atoms with E-state index in [4.69, 9.17) is 5.11 Å². The molecule has 0 bridgehead atoms. The maximum Gasteiger partial charge on any atom is 0.307 e. The van der Waals surface area contributed by atoms with Gasteiger partial charge < -0.3 is 5.11 Å². The molecule has 17 heavy (non-hydrogen) atoms. The van der Waals surface area contributed by atoms with Crippen molar-refractivity contribution >= 4 is 17.0 Å². The van der Waals surface area contributed by atoms with Crippen LogP contribution in [0.15, 0.2) is 18.2 Å². The molecule has 1 aromatic heterocycles. The summed E-state index contributed by atoms with van der Waals surface area (Å²) in [5, 5.41) is 17.4. The van der Waals surface area contributed by atoms with Gasteiger partial charge in [0.2, 0.25) is 0 Å². The van der Waals surface area contributed by atoms with Gasteiger partial charge in [-0.15, -0.1) is 0 Å². The Morgan fingerprint density at radius 1 is 1.35 bits per heavy atom. The summed E-state index contributed by atoms with van der Waals surface area (Å²) < 4.78 is 0. The van der Waals surface area contributed by atoms with Gasteiger partial charge in [-0.1, -0.05) is 19.9 Å². The zero-order valence-corrected chi connectivity index (χ0v) is 9.92. The Bertz CT molecular complexity index is 546. The third-order valence-electron chi connectivity index (χ3n) is 2.37. The Morgan fingerprint density at radius 3 is 2.71 bits per heavy atom. The third-order valence-corrected chi connectivity index (χ3v) is 2.37. The molecule has 2 aromatic rings. The molecule has 0 atom stereocenters. The molecule has 1 aromatic carbocycles. The number of nitrogens with zero attached hydrogens (tertiary/aromatic N) is 3. The predicted octanol–water partition coefficient (Wildman–Crippen LogP) is 1.71. The number of hydrogen-bond acceptors (Lipinski definition) is 3. The highest BCUT2D eigenvalue weighted by atomic mass is 16.4. The van der Waals surface area contributed by atoms with Crippen LogP contribution in [-0.2, 0) is 17.8 Å². The SMILES string of the molecule is CC(C)Cn1nc2ccc(CC(=O)O)cc2n1. The largest absolute Gasteiger partial charge is 0.481 e. The molecule has 0 saturated heterocycles. The summed E-state index contributed by atoms with van der Waals surface area (Å²) in [6, 6.07) is 5.38. The van der Waals surface area contributed by atoms with Crippen LogP contribution in [-0.4, -0.2) is 26.1 Å². The van der Waals surface area contributed by atoms with Crippen LogP contribution in [0.4, 0.5) is 0 Å². The molecule has 0 aliphatic carbocycles. The fourth-order valence-electron chi connectivity index (χ4n) is 1.70. The number of fused-ring (bicyclic) bond motifs is 1. The zero-order valence-electron chi connectivity index (χ0n) is 9.92. The van der Waals surface area contributed by atoms with Crippen molar-refractivity contribution in [3.63, 3.8) is 0 Å². The van der Waals surface area contributed by atoms with E-state index >= 15 is 0 Å². The molecular formula is C12H15N3O2. The van der Waals surface area contributed by atoms with E-state index in [0.717, 1.165) is 23.1 Å². The zero-order chi connectivity index (χ0) is 12.4. The van der Waals surface area contributed by atoms with E-state index < -0.39 is 5.97 Å². The van der Waals surface area contributed by atoms with E-state index in [1.807, 2.05) is 6.07 Å². The van der Waals surface area contributed by atoms with Gasteiger partial charge in [0, 0.05) is 0 Å². The second kappa shape index (κ2) is 4.53. The Labute approximate surface area is 99.1 Å². The summed E-state index contributed by atoms with van der Waals surface area (Å²) in [4.78, 5) is 12.3. The first kappa shape index (κ1) is 11.6. The molecule has 0 spiro atoms. The highest BCUT2D eigenvalue weighted by Gasteiger charge is 2.07. The van der Waals surface area contributed by atoms with E-state index in [0.29, 0.717) is 5.92 Å². The summed E-state index contributed by atoms with van der Waals surface area (Å²) in [5.41, 5.74) is 2.31. The van der Waals surface area contributed by atoms with E-state index in [-0.39, 0.29) is 6.42 Å². The number of carboxylic acids is 1. The van der Waals surface area contributed by atoms with Crippen molar-refractivity contribution in [2.45, 2.75) is 26.8 Å². The summed E-state index contributed by atoms with van der Waals surface area (Å²) in [6.45, 7) is 4.97. The van der Waals surface area contributed by atoms with E-state index in [1.54, 1.807) is 16.9 Å². The lowest BCUT2D eigenvalue weighted by atomic mass is 10.1. The molecular weight excluding hydrogens is 218 g/mol. The number of aliphatic carboxylic acids is 1. The van der Waals surface area contributed by atoms with Crippen LogP contribution < -0.4 is 0 Å². The Hall–Kier alpha value is -1.91. The second-order valence-corrected chi connectivity index (χ2v) is 4.54. The second-order valence-electron chi connectivity index (χ2n) is 4.54.